The summed E-state index contributed by atoms with van der Waals surface area (Å²) >= 11 is 6.12. The van der Waals surface area contributed by atoms with Gasteiger partial charge in [-0.3, -0.25) is 4.79 Å². The molecular weight excluding hydrogens is 312 g/mol. The molecule has 6 heteroatoms. The molecule has 0 bridgehead atoms. The molecule has 0 radical (unpaired) electrons. The quantitative estimate of drug-likeness (QED) is 0.931. The molecule has 23 heavy (non-hydrogen) atoms. The third-order valence-corrected chi connectivity index (χ3v) is 4.27. The van der Waals surface area contributed by atoms with Crippen LogP contribution in [0.15, 0.2) is 36.5 Å². The van der Waals surface area contributed by atoms with Crippen LogP contribution in [-0.4, -0.2) is 33.9 Å². The minimum absolute atomic E-state index is 0.0406. The van der Waals surface area contributed by atoms with Crippen LogP contribution in [0.25, 0.3) is 0 Å². The van der Waals surface area contributed by atoms with E-state index in [2.05, 4.69) is 22.2 Å². The van der Waals surface area contributed by atoms with Crippen molar-refractivity contribution in [1.82, 2.24) is 14.9 Å². The van der Waals surface area contributed by atoms with Crippen LogP contribution in [0.3, 0.4) is 0 Å². The summed E-state index contributed by atoms with van der Waals surface area (Å²) in [6.07, 6.45) is 3.81. The maximum Gasteiger partial charge on any atom is 0.272 e. The number of amides is 1. The van der Waals surface area contributed by atoms with Gasteiger partial charge in [-0.05, 0) is 37.0 Å². The van der Waals surface area contributed by atoms with E-state index in [1.165, 1.54) is 6.42 Å². The van der Waals surface area contributed by atoms with Crippen molar-refractivity contribution >= 4 is 29.1 Å². The van der Waals surface area contributed by atoms with Gasteiger partial charge in [-0.2, -0.15) is 0 Å². The maximum absolute atomic E-state index is 12.6. The molecule has 1 atom stereocenters. The number of nitrogens with one attached hydrogen (secondary N) is 1. The van der Waals surface area contributed by atoms with Crippen LogP contribution < -0.4 is 5.32 Å². The zero-order valence-corrected chi connectivity index (χ0v) is 13.8. The SMILES string of the molecule is CC1CCCN(C(=O)c2ccnc(Nc3ccccc3Cl)n2)C1. The van der Waals surface area contributed by atoms with Crippen LogP contribution >= 0.6 is 11.6 Å². The second kappa shape index (κ2) is 6.96. The number of rotatable bonds is 3. The fraction of sp³-hybridized carbons (Fsp3) is 0.353. The van der Waals surface area contributed by atoms with E-state index in [0.717, 1.165) is 19.5 Å². The van der Waals surface area contributed by atoms with Crippen molar-refractivity contribution in [3.8, 4) is 0 Å². The Bertz CT molecular complexity index is 706. The summed E-state index contributed by atoms with van der Waals surface area (Å²) in [6.45, 7) is 3.75. The van der Waals surface area contributed by atoms with Crippen LogP contribution in [0, 0.1) is 5.92 Å². The third kappa shape index (κ3) is 3.79. The molecule has 2 aromatic rings. The van der Waals surface area contributed by atoms with Crippen LogP contribution in [0.1, 0.15) is 30.3 Å². The van der Waals surface area contributed by atoms with E-state index < -0.39 is 0 Å². The lowest BCUT2D eigenvalue weighted by Gasteiger charge is -2.30. The highest BCUT2D eigenvalue weighted by molar-refractivity contribution is 6.33. The number of carbonyl (C=O) groups excluding carboxylic acids is 1. The molecule has 120 valence electrons. The van der Waals surface area contributed by atoms with Gasteiger partial charge in [0.1, 0.15) is 5.69 Å². The van der Waals surface area contributed by atoms with E-state index in [4.69, 9.17) is 11.6 Å². The molecule has 1 saturated heterocycles. The normalized spacial score (nSPS) is 17.8. The number of hydrogen-bond acceptors (Lipinski definition) is 4. The van der Waals surface area contributed by atoms with Crippen molar-refractivity contribution in [2.45, 2.75) is 19.8 Å². The number of benzene rings is 1. The first kappa shape index (κ1) is 15.7. The number of likely N-dealkylation sites (tertiary alicyclic amines) is 1. The van der Waals surface area contributed by atoms with Crippen molar-refractivity contribution in [3.05, 3.63) is 47.2 Å². The smallest absolute Gasteiger partial charge is 0.272 e. The average molecular weight is 331 g/mol. The molecule has 0 saturated carbocycles. The first-order valence-electron chi connectivity index (χ1n) is 7.77. The Morgan fingerprint density at radius 3 is 2.96 bits per heavy atom. The van der Waals surface area contributed by atoms with E-state index in [9.17, 15) is 4.79 Å². The van der Waals surface area contributed by atoms with Crippen molar-refractivity contribution in [2.24, 2.45) is 5.92 Å². The second-order valence-corrected chi connectivity index (χ2v) is 6.28. The summed E-state index contributed by atoms with van der Waals surface area (Å²) in [4.78, 5) is 23.0. The molecule has 1 fully saturated rings. The number of anilines is 2. The molecule has 1 amide bonds. The summed E-state index contributed by atoms with van der Waals surface area (Å²) in [6, 6.07) is 9.00. The van der Waals surface area contributed by atoms with E-state index in [1.807, 2.05) is 23.1 Å². The Morgan fingerprint density at radius 1 is 1.35 bits per heavy atom. The molecular formula is C17H19ClN4O. The van der Waals surface area contributed by atoms with Crippen molar-refractivity contribution in [1.29, 1.82) is 0 Å². The van der Waals surface area contributed by atoms with Gasteiger partial charge in [0, 0.05) is 19.3 Å². The van der Waals surface area contributed by atoms with Gasteiger partial charge >= 0.3 is 0 Å². The number of carbonyl (C=O) groups is 1. The number of hydrogen-bond donors (Lipinski definition) is 1. The molecule has 2 heterocycles. The summed E-state index contributed by atoms with van der Waals surface area (Å²) in [7, 11) is 0. The van der Waals surface area contributed by atoms with Gasteiger partial charge < -0.3 is 10.2 Å². The molecule has 1 aromatic carbocycles. The molecule has 0 aliphatic carbocycles. The monoisotopic (exact) mass is 330 g/mol. The predicted octanol–water partition coefficient (Wildman–Crippen LogP) is 3.75. The van der Waals surface area contributed by atoms with Gasteiger partial charge in [0.25, 0.3) is 5.91 Å². The van der Waals surface area contributed by atoms with E-state index in [1.54, 1.807) is 18.3 Å². The van der Waals surface area contributed by atoms with Gasteiger partial charge in [-0.1, -0.05) is 30.7 Å². The Hall–Kier alpha value is -2.14. The van der Waals surface area contributed by atoms with Crippen molar-refractivity contribution in [3.63, 3.8) is 0 Å². The van der Waals surface area contributed by atoms with Crippen LogP contribution in [-0.2, 0) is 0 Å². The standard InChI is InChI=1S/C17H19ClN4O/c1-12-5-4-10-22(11-12)16(23)15-8-9-19-17(21-15)20-14-7-3-2-6-13(14)18/h2-3,6-9,12H,4-5,10-11H2,1H3,(H,19,20,21). The Kier molecular flexibility index (Phi) is 4.76. The van der Waals surface area contributed by atoms with Crippen LogP contribution in [0.4, 0.5) is 11.6 Å². The lowest BCUT2D eigenvalue weighted by molar-refractivity contribution is 0.0677. The lowest BCUT2D eigenvalue weighted by Crippen LogP contribution is -2.39. The molecule has 1 aliphatic rings. The van der Waals surface area contributed by atoms with Gasteiger partial charge in [0.15, 0.2) is 0 Å². The molecule has 3 rings (SSSR count). The minimum atomic E-state index is -0.0406. The molecule has 1 unspecified atom stereocenters. The Morgan fingerprint density at radius 2 is 2.17 bits per heavy atom. The predicted molar refractivity (Wildman–Crippen MR) is 91.1 cm³/mol. The zero-order chi connectivity index (χ0) is 16.2. The number of para-hydroxylation sites is 1. The third-order valence-electron chi connectivity index (χ3n) is 3.94. The van der Waals surface area contributed by atoms with Gasteiger partial charge in [0.2, 0.25) is 5.95 Å². The van der Waals surface area contributed by atoms with Crippen LogP contribution in [0.2, 0.25) is 5.02 Å². The fourth-order valence-electron chi connectivity index (χ4n) is 2.76. The van der Waals surface area contributed by atoms with Gasteiger partial charge in [-0.25, -0.2) is 9.97 Å². The average Bonchev–Trinajstić information content (AvgIpc) is 2.56. The zero-order valence-electron chi connectivity index (χ0n) is 13.0. The molecule has 5 nitrogen and oxygen atoms in total. The Labute approximate surface area is 140 Å². The van der Waals surface area contributed by atoms with Gasteiger partial charge in [-0.15, -0.1) is 0 Å². The second-order valence-electron chi connectivity index (χ2n) is 5.87. The first-order chi connectivity index (χ1) is 11.1. The summed E-state index contributed by atoms with van der Waals surface area (Å²) in [5.41, 5.74) is 1.12. The highest BCUT2D eigenvalue weighted by Crippen LogP contribution is 2.23. The highest BCUT2D eigenvalue weighted by atomic mass is 35.5. The first-order valence-corrected chi connectivity index (χ1v) is 8.15. The number of aromatic nitrogens is 2. The molecule has 0 spiro atoms. The number of piperidine rings is 1. The van der Waals surface area contributed by atoms with Crippen molar-refractivity contribution in [2.75, 3.05) is 18.4 Å². The molecule has 1 aromatic heterocycles. The van der Waals surface area contributed by atoms with Crippen LogP contribution in [0.5, 0.6) is 0 Å². The number of nitrogens with zero attached hydrogens (tertiary/aromatic N) is 3. The fourth-order valence-corrected chi connectivity index (χ4v) is 2.94. The van der Waals surface area contributed by atoms with E-state index in [-0.39, 0.29) is 5.91 Å². The van der Waals surface area contributed by atoms with E-state index >= 15 is 0 Å². The topological polar surface area (TPSA) is 58.1 Å². The minimum Gasteiger partial charge on any atom is -0.337 e. The molecule has 1 N–H and O–H groups in total. The molecule has 1 aliphatic heterocycles. The largest absolute Gasteiger partial charge is 0.337 e. The lowest BCUT2D eigenvalue weighted by atomic mass is 10.00. The Balaban J connectivity index is 1.77. The van der Waals surface area contributed by atoms with Crippen molar-refractivity contribution < 1.29 is 4.79 Å². The van der Waals surface area contributed by atoms with Gasteiger partial charge in [0.05, 0.1) is 10.7 Å². The summed E-state index contributed by atoms with van der Waals surface area (Å²) in [5, 5.41) is 3.64. The van der Waals surface area contributed by atoms with E-state index in [0.29, 0.717) is 28.3 Å². The number of halogens is 1. The maximum atomic E-state index is 12.6. The summed E-state index contributed by atoms with van der Waals surface area (Å²) in [5.74, 6) is 0.866. The highest BCUT2D eigenvalue weighted by Gasteiger charge is 2.23. The summed E-state index contributed by atoms with van der Waals surface area (Å²) < 4.78 is 0.